The van der Waals surface area contributed by atoms with Crippen molar-refractivity contribution in [2.24, 2.45) is 5.92 Å². The van der Waals surface area contributed by atoms with Gasteiger partial charge in [-0.3, -0.25) is 9.59 Å². The summed E-state index contributed by atoms with van der Waals surface area (Å²) < 4.78 is 18.4. The molecule has 0 spiro atoms. The standard InChI is InChI=1S/C30H29N3O5/c1-18-6-5-7-24(16-18)33-30(38-19(2)34)27(20-10-13-23(14-11-20)31-29(35)21-8-9-21)28(32-33)22-12-15-25(36-3)26(17-22)37-4/h5-7,10-17,21H,8-9H2,1-4H3,(H,31,35). The highest BCUT2D eigenvalue weighted by atomic mass is 16.5. The number of ether oxygens (including phenoxy) is 3. The number of nitrogens with zero attached hydrogens (tertiary/aromatic N) is 2. The van der Waals surface area contributed by atoms with Crippen molar-refractivity contribution in [1.82, 2.24) is 9.78 Å². The van der Waals surface area contributed by atoms with Gasteiger partial charge in [-0.1, -0.05) is 24.3 Å². The Bertz CT molecular complexity index is 1500. The molecule has 1 N–H and O–H groups in total. The van der Waals surface area contributed by atoms with Crippen LogP contribution in [0, 0.1) is 12.8 Å². The molecule has 5 rings (SSSR count). The van der Waals surface area contributed by atoms with Crippen molar-refractivity contribution in [2.45, 2.75) is 26.7 Å². The number of hydrogen-bond donors (Lipinski definition) is 1. The first-order valence-electron chi connectivity index (χ1n) is 12.4. The van der Waals surface area contributed by atoms with Crippen LogP contribution in [0.15, 0.2) is 66.7 Å². The number of aromatic nitrogens is 2. The predicted octanol–water partition coefficient (Wildman–Crippen LogP) is 5.81. The van der Waals surface area contributed by atoms with Crippen molar-refractivity contribution < 1.29 is 23.8 Å². The summed E-state index contributed by atoms with van der Waals surface area (Å²) >= 11 is 0. The van der Waals surface area contributed by atoms with Crippen LogP contribution in [0.1, 0.15) is 25.3 Å². The fraction of sp³-hybridized carbons (Fsp3) is 0.233. The monoisotopic (exact) mass is 511 g/mol. The van der Waals surface area contributed by atoms with Crippen molar-refractivity contribution in [3.8, 4) is 45.5 Å². The Morgan fingerprint density at radius 3 is 2.26 bits per heavy atom. The summed E-state index contributed by atoms with van der Waals surface area (Å²) in [6.07, 6.45) is 1.87. The molecular weight excluding hydrogens is 482 g/mol. The average Bonchev–Trinajstić information content (AvgIpc) is 3.70. The number of methoxy groups -OCH3 is 2. The van der Waals surface area contributed by atoms with Gasteiger partial charge in [-0.15, -0.1) is 0 Å². The molecule has 1 amide bonds. The topological polar surface area (TPSA) is 91.7 Å². The highest BCUT2D eigenvalue weighted by Gasteiger charge is 2.30. The van der Waals surface area contributed by atoms with Crippen LogP contribution in [0.3, 0.4) is 0 Å². The molecule has 0 aliphatic heterocycles. The van der Waals surface area contributed by atoms with E-state index in [1.165, 1.54) is 6.92 Å². The Hall–Kier alpha value is -4.59. The van der Waals surface area contributed by atoms with E-state index < -0.39 is 5.97 Å². The zero-order chi connectivity index (χ0) is 26.8. The third-order valence-corrected chi connectivity index (χ3v) is 6.38. The second-order valence-corrected chi connectivity index (χ2v) is 9.28. The predicted molar refractivity (Wildman–Crippen MR) is 145 cm³/mol. The molecule has 0 saturated heterocycles. The molecule has 0 radical (unpaired) electrons. The normalized spacial score (nSPS) is 12.6. The van der Waals surface area contributed by atoms with Gasteiger partial charge in [-0.25, -0.2) is 0 Å². The van der Waals surface area contributed by atoms with Crippen LogP contribution in [0.5, 0.6) is 17.4 Å². The number of esters is 1. The highest BCUT2D eigenvalue weighted by molar-refractivity contribution is 5.95. The maximum absolute atomic E-state index is 12.3. The lowest BCUT2D eigenvalue weighted by molar-refractivity contribution is -0.132. The molecule has 3 aromatic carbocycles. The van der Waals surface area contributed by atoms with Gasteiger partial charge in [0.2, 0.25) is 11.8 Å². The Balaban J connectivity index is 1.69. The Labute approximate surface area is 221 Å². The lowest BCUT2D eigenvalue weighted by Crippen LogP contribution is -2.13. The third-order valence-electron chi connectivity index (χ3n) is 6.38. The van der Waals surface area contributed by atoms with Gasteiger partial charge in [-0.2, -0.15) is 9.78 Å². The molecule has 1 fully saturated rings. The third kappa shape index (κ3) is 5.11. The summed E-state index contributed by atoms with van der Waals surface area (Å²) in [5.74, 6) is 1.11. The van der Waals surface area contributed by atoms with E-state index in [2.05, 4.69) is 5.32 Å². The summed E-state index contributed by atoms with van der Waals surface area (Å²) in [6.45, 7) is 3.35. The van der Waals surface area contributed by atoms with Crippen molar-refractivity contribution in [3.63, 3.8) is 0 Å². The number of hydrogen-bond acceptors (Lipinski definition) is 6. The van der Waals surface area contributed by atoms with E-state index in [-0.39, 0.29) is 11.8 Å². The van der Waals surface area contributed by atoms with E-state index in [0.29, 0.717) is 34.3 Å². The molecule has 194 valence electrons. The number of benzene rings is 3. The van der Waals surface area contributed by atoms with Crippen molar-refractivity contribution in [3.05, 3.63) is 72.3 Å². The van der Waals surface area contributed by atoms with Crippen LogP contribution in [0.2, 0.25) is 0 Å². The lowest BCUT2D eigenvalue weighted by Gasteiger charge is -2.11. The minimum absolute atomic E-state index is 0.0386. The number of aryl methyl sites for hydroxylation is 1. The maximum Gasteiger partial charge on any atom is 0.309 e. The van der Waals surface area contributed by atoms with Crippen LogP contribution < -0.4 is 19.5 Å². The molecule has 38 heavy (non-hydrogen) atoms. The van der Waals surface area contributed by atoms with Gasteiger partial charge in [0.25, 0.3) is 0 Å². The van der Waals surface area contributed by atoms with E-state index in [1.54, 1.807) is 18.9 Å². The molecule has 1 aliphatic rings. The highest BCUT2D eigenvalue weighted by Crippen LogP contribution is 2.43. The van der Waals surface area contributed by atoms with Gasteiger partial charge in [0.05, 0.1) is 25.5 Å². The quantitative estimate of drug-likeness (QED) is 0.300. The molecule has 8 heteroatoms. The van der Waals surface area contributed by atoms with Gasteiger partial charge in [0.15, 0.2) is 11.5 Å². The van der Waals surface area contributed by atoms with Gasteiger partial charge in [-0.05, 0) is 73.4 Å². The number of amides is 1. The molecule has 4 aromatic rings. The Morgan fingerprint density at radius 2 is 1.63 bits per heavy atom. The molecule has 1 aromatic heterocycles. The second-order valence-electron chi connectivity index (χ2n) is 9.28. The van der Waals surface area contributed by atoms with Gasteiger partial charge < -0.3 is 19.5 Å². The smallest absolute Gasteiger partial charge is 0.309 e. The number of carbonyl (C=O) groups is 2. The summed E-state index contributed by atoms with van der Waals surface area (Å²) in [5.41, 5.74) is 5.25. The van der Waals surface area contributed by atoms with Crippen molar-refractivity contribution in [1.29, 1.82) is 0 Å². The molecule has 1 heterocycles. The fourth-order valence-corrected chi connectivity index (χ4v) is 4.32. The summed E-state index contributed by atoms with van der Waals surface area (Å²) in [4.78, 5) is 24.5. The van der Waals surface area contributed by atoms with Crippen molar-refractivity contribution >= 4 is 17.6 Å². The van der Waals surface area contributed by atoms with Crippen LogP contribution in [0.25, 0.3) is 28.1 Å². The molecule has 0 bridgehead atoms. The summed E-state index contributed by atoms with van der Waals surface area (Å²) in [5, 5.41) is 7.89. The Kier molecular flexibility index (Phi) is 6.87. The number of nitrogens with one attached hydrogen (secondary N) is 1. The van der Waals surface area contributed by atoms with E-state index in [4.69, 9.17) is 19.3 Å². The van der Waals surface area contributed by atoms with E-state index in [1.807, 2.05) is 73.7 Å². The first kappa shape index (κ1) is 25.1. The zero-order valence-electron chi connectivity index (χ0n) is 21.8. The maximum atomic E-state index is 12.3. The van der Waals surface area contributed by atoms with Gasteiger partial charge in [0.1, 0.15) is 5.69 Å². The minimum Gasteiger partial charge on any atom is -0.493 e. The number of anilines is 1. The molecule has 0 unspecified atom stereocenters. The van der Waals surface area contributed by atoms with Crippen LogP contribution in [-0.4, -0.2) is 35.9 Å². The van der Waals surface area contributed by atoms with Crippen LogP contribution in [0.4, 0.5) is 5.69 Å². The van der Waals surface area contributed by atoms with E-state index in [9.17, 15) is 9.59 Å². The van der Waals surface area contributed by atoms with Gasteiger partial charge in [0, 0.05) is 24.1 Å². The van der Waals surface area contributed by atoms with E-state index >= 15 is 0 Å². The Morgan fingerprint density at radius 1 is 0.921 bits per heavy atom. The molecule has 8 nitrogen and oxygen atoms in total. The summed E-state index contributed by atoms with van der Waals surface area (Å²) in [6, 6.07) is 20.8. The SMILES string of the molecule is COc1ccc(-c2nn(-c3cccc(C)c3)c(OC(C)=O)c2-c2ccc(NC(=O)C3CC3)cc2)cc1OC. The molecule has 1 aliphatic carbocycles. The first-order valence-corrected chi connectivity index (χ1v) is 12.4. The first-order chi connectivity index (χ1) is 18.4. The molecule has 1 saturated carbocycles. The second kappa shape index (κ2) is 10.4. The van der Waals surface area contributed by atoms with E-state index in [0.717, 1.165) is 35.2 Å². The zero-order valence-corrected chi connectivity index (χ0v) is 21.8. The molecule has 0 atom stereocenters. The summed E-state index contributed by atoms with van der Waals surface area (Å²) in [7, 11) is 3.16. The fourth-order valence-electron chi connectivity index (χ4n) is 4.32. The largest absolute Gasteiger partial charge is 0.493 e. The van der Waals surface area contributed by atoms with Crippen LogP contribution >= 0.6 is 0 Å². The van der Waals surface area contributed by atoms with Crippen LogP contribution in [-0.2, 0) is 9.59 Å². The van der Waals surface area contributed by atoms with Crippen molar-refractivity contribution in [2.75, 3.05) is 19.5 Å². The lowest BCUT2D eigenvalue weighted by atomic mass is 10.0. The number of carbonyl (C=O) groups excluding carboxylic acids is 2. The molecular formula is C30H29N3O5. The number of rotatable bonds is 8. The minimum atomic E-state index is -0.466. The van der Waals surface area contributed by atoms with Gasteiger partial charge >= 0.3 is 5.97 Å². The average molecular weight is 512 g/mol.